The molecule has 0 aromatic rings. The summed E-state index contributed by atoms with van der Waals surface area (Å²) < 4.78 is 0. The fraction of sp³-hybridized carbons (Fsp3) is 0.750. The largest absolute Gasteiger partial charge is 0.480 e. The molecule has 4 atom stereocenters. The van der Waals surface area contributed by atoms with Gasteiger partial charge in [-0.05, 0) is 25.4 Å². The number of carboxylic acid groups (broad SMARTS) is 1. The summed E-state index contributed by atoms with van der Waals surface area (Å²) in [6, 6.07) is -3.30. The van der Waals surface area contributed by atoms with E-state index >= 15 is 0 Å². The van der Waals surface area contributed by atoms with E-state index in [1.54, 1.807) is 0 Å². The zero-order valence-corrected chi connectivity index (χ0v) is 14.2. The number of carbonyl (C=O) groups excluding carboxylic acids is 2. The molecule has 0 spiro atoms. The zero-order valence-electron chi connectivity index (χ0n) is 12.5. The van der Waals surface area contributed by atoms with E-state index < -0.39 is 42.0 Å². The molecule has 2 amide bonds. The first-order chi connectivity index (χ1) is 10.2. The zero-order chi connectivity index (χ0) is 17.3. The van der Waals surface area contributed by atoms with Gasteiger partial charge < -0.3 is 26.6 Å². The number of nitrogens with two attached hydrogens (primary N) is 1. The summed E-state index contributed by atoms with van der Waals surface area (Å²) in [5, 5.41) is 23.3. The van der Waals surface area contributed by atoms with Gasteiger partial charge in [-0.15, -0.1) is 0 Å². The topological polar surface area (TPSA) is 142 Å². The van der Waals surface area contributed by atoms with Gasteiger partial charge in [-0.3, -0.25) is 9.59 Å². The number of aliphatic hydroxyl groups excluding tert-OH is 1. The third kappa shape index (κ3) is 7.34. The Labute approximate surface area is 139 Å². The van der Waals surface area contributed by atoms with E-state index in [1.807, 2.05) is 6.26 Å². The smallest absolute Gasteiger partial charge is 0.326 e. The Morgan fingerprint density at radius 3 is 2.27 bits per heavy atom. The Hall–Kier alpha value is -0.970. The van der Waals surface area contributed by atoms with Gasteiger partial charge in [0.25, 0.3) is 0 Å². The van der Waals surface area contributed by atoms with Crippen LogP contribution < -0.4 is 16.4 Å². The number of hydrogen-bond acceptors (Lipinski definition) is 7. The van der Waals surface area contributed by atoms with Gasteiger partial charge in [0, 0.05) is 5.75 Å². The lowest BCUT2D eigenvalue weighted by Crippen LogP contribution is -2.58. The second kappa shape index (κ2) is 10.7. The van der Waals surface area contributed by atoms with Crippen molar-refractivity contribution in [3.63, 3.8) is 0 Å². The molecule has 4 unspecified atom stereocenters. The first kappa shape index (κ1) is 21.0. The van der Waals surface area contributed by atoms with Crippen LogP contribution in [-0.2, 0) is 14.4 Å². The first-order valence-electron chi connectivity index (χ1n) is 6.61. The van der Waals surface area contributed by atoms with Gasteiger partial charge >= 0.3 is 5.97 Å². The third-order valence-corrected chi connectivity index (χ3v) is 3.86. The van der Waals surface area contributed by atoms with Crippen LogP contribution in [0, 0.1) is 0 Å². The van der Waals surface area contributed by atoms with E-state index in [0.717, 1.165) is 0 Å². The molecule has 22 heavy (non-hydrogen) atoms. The van der Waals surface area contributed by atoms with Gasteiger partial charge in [0.1, 0.15) is 12.1 Å². The number of aliphatic hydroxyl groups is 1. The average molecular weight is 353 g/mol. The van der Waals surface area contributed by atoms with Crippen molar-refractivity contribution in [2.45, 2.75) is 37.6 Å². The van der Waals surface area contributed by atoms with Gasteiger partial charge in [-0.2, -0.15) is 24.4 Å². The number of carboxylic acids is 1. The number of thiol groups is 1. The van der Waals surface area contributed by atoms with Gasteiger partial charge in [0.2, 0.25) is 11.8 Å². The van der Waals surface area contributed by atoms with Crippen molar-refractivity contribution in [3.05, 3.63) is 0 Å². The lowest BCUT2D eigenvalue weighted by molar-refractivity contribution is -0.143. The van der Waals surface area contributed by atoms with E-state index in [4.69, 9.17) is 10.8 Å². The summed E-state index contributed by atoms with van der Waals surface area (Å²) in [6.07, 6.45) is 0.850. The predicted octanol–water partition coefficient (Wildman–Crippen LogP) is -1.57. The van der Waals surface area contributed by atoms with Crippen molar-refractivity contribution >= 4 is 42.2 Å². The standard InChI is InChI=1S/C12H23N3O5S2/c1-6(16)9(15-10(17)7(13)5-21)11(18)14-8(12(19)20)3-4-22-2/h6-9,16,21H,3-5,13H2,1-2H3,(H,14,18)(H,15,17)(H,19,20). The minimum atomic E-state index is -1.28. The second-order valence-corrected chi connectivity index (χ2v) is 6.05. The minimum Gasteiger partial charge on any atom is -0.480 e. The molecule has 128 valence electrons. The number of thioether (sulfide) groups is 1. The van der Waals surface area contributed by atoms with Gasteiger partial charge in [-0.25, -0.2) is 4.79 Å². The maximum atomic E-state index is 12.1. The second-order valence-electron chi connectivity index (χ2n) is 4.70. The molecular formula is C12H23N3O5S2. The fourth-order valence-corrected chi connectivity index (χ4v) is 2.14. The van der Waals surface area contributed by atoms with E-state index in [9.17, 15) is 19.5 Å². The van der Waals surface area contributed by atoms with Crippen LogP contribution in [-0.4, -0.2) is 70.0 Å². The van der Waals surface area contributed by atoms with Crippen LogP contribution in [0.25, 0.3) is 0 Å². The summed E-state index contributed by atoms with van der Waals surface area (Å²) in [6.45, 7) is 1.31. The van der Waals surface area contributed by atoms with Crippen molar-refractivity contribution in [1.29, 1.82) is 0 Å². The maximum absolute atomic E-state index is 12.1. The number of carbonyl (C=O) groups is 3. The van der Waals surface area contributed by atoms with E-state index in [1.165, 1.54) is 18.7 Å². The molecule has 0 saturated carbocycles. The van der Waals surface area contributed by atoms with E-state index in [2.05, 4.69) is 23.3 Å². The van der Waals surface area contributed by atoms with E-state index in [0.29, 0.717) is 5.75 Å². The van der Waals surface area contributed by atoms with Crippen LogP contribution in [0.2, 0.25) is 0 Å². The monoisotopic (exact) mass is 353 g/mol. The van der Waals surface area contributed by atoms with Crippen molar-refractivity contribution < 1.29 is 24.6 Å². The van der Waals surface area contributed by atoms with Crippen LogP contribution >= 0.6 is 24.4 Å². The van der Waals surface area contributed by atoms with Crippen molar-refractivity contribution in [1.82, 2.24) is 10.6 Å². The molecule has 0 aliphatic carbocycles. The summed E-state index contributed by atoms with van der Waals surface area (Å²) in [7, 11) is 0. The molecule has 8 nitrogen and oxygen atoms in total. The number of nitrogens with one attached hydrogen (secondary N) is 2. The number of rotatable bonds is 10. The molecule has 0 aliphatic rings. The summed E-state index contributed by atoms with van der Waals surface area (Å²) in [5.41, 5.74) is 5.48. The molecule has 0 bridgehead atoms. The van der Waals surface area contributed by atoms with Crippen molar-refractivity contribution in [2.24, 2.45) is 5.73 Å². The Morgan fingerprint density at radius 1 is 1.27 bits per heavy atom. The first-order valence-corrected chi connectivity index (χ1v) is 8.64. The maximum Gasteiger partial charge on any atom is 0.326 e. The SMILES string of the molecule is CSCCC(NC(=O)C(NC(=O)C(N)CS)C(C)O)C(=O)O. The van der Waals surface area contributed by atoms with Crippen LogP contribution in [0.4, 0.5) is 0 Å². The molecule has 0 saturated heterocycles. The van der Waals surface area contributed by atoms with Gasteiger partial charge in [-0.1, -0.05) is 0 Å². The minimum absolute atomic E-state index is 0.0749. The lowest BCUT2D eigenvalue weighted by atomic mass is 10.1. The average Bonchev–Trinajstić information content (AvgIpc) is 2.46. The summed E-state index contributed by atoms with van der Waals surface area (Å²) in [5.74, 6) is -1.97. The molecule has 0 heterocycles. The van der Waals surface area contributed by atoms with E-state index in [-0.39, 0.29) is 12.2 Å². The van der Waals surface area contributed by atoms with Gasteiger partial charge in [0.15, 0.2) is 0 Å². The van der Waals surface area contributed by atoms with Crippen molar-refractivity contribution in [2.75, 3.05) is 17.8 Å². The molecule has 0 aliphatic heterocycles. The van der Waals surface area contributed by atoms with Crippen LogP contribution in [0.5, 0.6) is 0 Å². The number of amides is 2. The van der Waals surface area contributed by atoms with Crippen molar-refractivity contribution in [3.8, 4) is 0 Å². The fourth-order valence-electron chi connectivity index (χ4n) is 1.50. The Bertz CT molecular complexity index is 395. The van der Waals surface area contributed by atoms with Gasteiger partial charge in [0.05, 0.1) is 12.1 Å². The quantitative estimate of drug-likeness (QED) is 0.261. The van der Waals surface area contributed by atoms with Crippen LogP contribution in [0.3, 0.4) is 0 Å². The Kier molecular flexibility index (Phi) is 10.2. The number of hydrogen-bond donors (Lipinski definition) is 6. The molecule has 10 heteroatoms. The molecular weight excluding hydrogens is 330 g/mol. The van der Waals surface area contributed by atoms with Crippen LogP contribution in [0.15, 0.2) is 0 Å². The molecule has 0 aromatic carbocycles. The Morgan fingerprint density at radius 2 is 1.86 bits per heavy atom. The number of aliphatic carboxylic acids is 1. The van der Waals surface area contributed by atoms with Crippen LogP contribution in [0.1, 0.15) is 13.3 Å². The molecule has 6 N–H and O–H groups in total. The highest BCUT2D eigenvalue weighted by atomic mass is 32.2. The highest BCUT2D eigenvalue weighted by Gasteiger charge is 2.30. The molecule has 0 rings (SSSR count). The Balaban J connectivity index is 4.83. The highest BCUT2D eigenvalue weighted by Crippen LogP contribution is 2.03. The predicted molar refractivity (Wildman–Crippen MR) is 88.0 cm³/mol. The molecule has 0 fully saturated rings. The molecule has 0 aromatic heterocycles. The highest BCUT2D eigenvalue weighted by molar-refractivity contribution is 7.98. The lowest BCUT2D eigenvalue weighted by Gasteiger charge is -2.24. The normalized spacial score (nSPS) is 16.2. The third-order valence-electron chi connectivity index (χ3n) is 2.82. The molecule has 0 radical (unpaired) electrons. The summed E-state index contributed by atoms with van der Waals surface area (Å²) >= 11 is 5.32. The summed E-state index contributed by atoms with van der Waals surface area (Å²) in [4.78, 5) is 34.9.